The molecular formula is C13H20N2O10. The van der Waals surface area contributed by atoms with Crippen molar-refractivity contribution in [2.45, 2.75) is 45.2 Å². The SMILES string of the molecule is CC(=O)N[C@@H](CC(=O)O)C(=O)N[C@@H](CCC(=O)O)C(=O)O.CC(=O)O. The van der Waals surface area contributed by atoms with Crippen LogP contribution < -0.4 is 10.6 Å². The first kappa shape index (κ1) is 24.1. The Morgan fingerprint density at radius 2 is 1.28 bits per heavy atom. The Hall–Kier alpha value is -3.18. The average Bonchev–Trinajstić information content (AvgIpc) is 2.40. The summed E-state index contributed by atoms with van der Waals surface area (Å²) in [5.74, 6) is -6.55. The second-order valence-electron chi connectivity index (χ2n) is 4.70. The van der Waals surface area contributed by atoms with Crippen LogP contribution in [0.4, 0.5) is 0 Å². The molecule has 0 aliphatic carbocycles. The molecule has 6 N–H and O–H groups in total. The molecule has 0 fully saturated rings. The summed E-state index contributed by atoms with van der Waals surface area (Å²) < 4.78 is 0. The van der Waals surface area contributed by atoms with Gasteiger partial charge in [-0.15, -0.1) is 0 Å². The molecule has 0 unspecified atom stereocenters. The van der Waals surface area contributed by atoms with Crippen LogP contribution >= 0.6 is 0 Å². The number of aliphatic carboxylic acids is 4. The summed E-state index contributed by atoms with van der Waals surface area (Å²) in [6.07, 6.45) is -1.58. The van der Waals surface area contributed by atoms with E-state index in [1.54, 1.807) is 0 Å². The Morgan fingerprint density at radius 1 is 0.800 bits per heavy atom. The van der Waals surface area contributed by atoms with Crippen molar-refractivity contribution in [2.24, 2.45) is 0 Å². The summed E-state index contributed by atoms with van der Waals surface area (Å²) in [7, 11) is 0. The van der Waals surface area contributed by atoms with Gasteiger partial charge in [-0.3, -0.25) is 24.0 Å². The van der Waals surface area contributed by atoms with E-state index in [1.165, 1.54) is 0 Å². The number of hydrogen-bond donors (Lipinski definition) is 6. The molecule has 0 aliphatic rings. The number of nitrogens with one attached hydrogen (secondary N) is 2. The standard InChI is InChI=1S/C11H16N2O8.C2H4O2/c1-5(14)12-7(4-9(17)18)10(19)13-6(11(20)21)2-3-8(15)16;1-2(3)4/h6-7H,2-4H2,1H3,(H,12,14)(H,13,19)(H,15,16)(H,17,18)(H,20,21);1H3,(H,3,4)/t6-,7-;/m0./s1. The molecule has 12 heteroatoms. The quantitative estimate of drug-likeness (QED) is 0.278. The topological polar surface area (TPSA) is 207 Å². The zero-order valence-electron chi connectivity index (χ0n) is 13.5. The molecule has 0 radical (unpaired) electrons. The Labute approximate surface area is 141 Å². The van der Waals surface area contributed by atoms with Crippen LogP contribution in [0, 0.1) is 0 Å². The Morgan fingerprint density at radius 3 is 1.60 bits per heavy atom. The number of carboxylic acids is 4. The molecule has 0 aliphatic heterocycles. The maximum atomic E-state index is 11.8. The predicted octanol–water partition coefficient (Wildman–Crippen LogP) is -1.51. The Balaban J connectivity index is 0. The summed E-state index contributed by atoms with van der Waals surface area (Å²) in [5, 5.41) is 37.5. The molecule has 2 amide bonds. The highest BCUT2D eigenvalue weighted by molar-refractivity contribution is 5.92. The molecule has 0 aromatic heterocycles. The molecule has 0 aromatic rings. The minimum Gasteiger partial charge on any atom is -0.481 e. The molecule has 2 atom stereocenters. The van der Waals surface area contributed by atoms with Crippen LogP contribution in [0.5, 0.6) is 0 Å². The lowest BCUT2D eigenvalue weighted by molar-refractivity contribution is -0.144. The molecule has 0 aromatic carbocycles. The average molecular weight is 364 g/mol. The second kappa shape index (κ2) is 12.3. The van der Waals surface area contributed by atoms with Gasteiger partial charge in [0.2, 0.25) is 11.8 Å². The number of carboxylic acid groups (broad SMARTS) is 4. The highest BCUT2D eigenvalue weighted by Crippen LogP contribution is 2.01. The third kappa shape index (κ3) is 15.5. The van der Waals surface area contributed by atoms with Crippen molar-refractivity contribution in [1.29, 1.82) is 0 Å². The predicted molar refractivity (Wildman–Crippen MR) is 79.6 cm³/mol. The van der Waals surface area contributed by atoms with Gasteiger partial charge in [-0.05, 0) is 6.42 Å². The van der Waals surface area contributed by atoms with Gasteiger partial charge in [0.05, 0.1) is 6.42 Å². The molecule has 0 rings (SSSR count). The second-order valence-corrected chi connectivity index (χ2v) is 4.70. The monoisotopic (exact) mass is 364 g/mol. The molecule has 0 bridgehead atoms. The van der Waals surface area contributed by atoms with Gasteiger partial charge in [0, 0.05) is 20.3 Å². The van der Waals surface area contributed by atoms with Crippen LogP contribution in [0.15, 0.2) is 0 Å². The molecule has 0 saturated heterocycles. The first-order valence-corrected chi connectivity index (χ1v) is 6.80. The smallest absolute Gasteiger partial charge is 0.326 e. The van der Waals surface area contributed by atoms with Gasteiger partial charge < -0.3 is 31.1 Å². The van der Waals surface area contributed by atoms with Gasteiger partial charge in [-0.25, -0.2) is 4.79 Å². The lowest BCUT2D eigenvalue weighted by Gasteiger charge is -2.19. The maximum Gasteiger partial charge on any atom is 0.326 e. The van der Waals surface area contributed by atoms with Gasteiger partial charge in [0.1, 0.15) is 12.1 Å². The van der Waals surface area contributed by atoms with Crippen molar-refractivity contribution < 1.29 is 49.2 Å². The molecule has 0 saturated carbocycles. The minimum atomic E-state index is -1.49. The van der Waals surface area contributed by atoms with Gasteiger partial charge >= 0.3 is 17.9 Å². The maximum absolute atomic E-state index is 11.8. The minimum absolute atomic E-state index is 0.365. The molecule has 0 heterocycles. The van der Waals surface area contributed by atoms with Crippen LogP contribution in [0.3, 0.4) is 0 Å². The molecular weight excluding hydrogens is 344 g/mol. The number of amides is 2. The summed E-state index contributed by atoms with van der Waals surface area (Å²) in [4.78, 5) is 63.6. The van der Waals surface area contributed by atoms with Crippen LogP contribution in [0.2, 0.25) is 0 Å². The third-order valence-corrected chi connectivity index (χ3v) is 2.33. The van der Waals surface area contributed by atoms with Crippen molar-refractivity contribution in [3.63, 3.8) is 0 Å². The summed E-state index contributed by atoms with van der Waals surface area (Å²) in [5.41, 5.74) is 0. The fourth-order valence-corrected chi connectivity index (χ4v) is 1.43. The van der Waals surface area contributed by atoms with Crippen molar-refractivity contribution in [3.8, 4) is 0 Å². The van der Waals surface area contributed by atoms with Crippen LogP contribution in [-0.2, 0) is 28.8 Å². The molecule has 12 nitrogen and oxygen atoms in total. The zero-order valence-corrected chi connectivity index (χ0v) is 13.5. The Kier molecular flexibility index (Phi) is 11.8. The lowest BCUT2D eigenvalue weighted by Crippen LogP contribution is -2.52. The van der Waals surface area contributed by atoms with E-state index in [9.17, 15) is 24.0 Å². The van der Waals surface area contributed by atoms with E-state index in [0.717, 1.165) is 13.8 Å². The van der Waals surface area contributed by atoms with Crippen LogP contribution in [0.1, 0.15) is 33.1 Å². The van der Waals surface area contributed by atoms with Crippen molar-refractivity contribution in [1.82, 2.24) is 10.6 Å². The van der Waals surface area contributed by atoms with Gasteiger partial charge in [-0.1, -0.05) is 0 Å². The fraction of sp³-hybridized carbons (Fsp3) is 0.538. The van der Waals surface area contributed by atoms with E-state index in [1.807, 2.05) is 5.32 Å². The molecule has 142 valence electrons. The van der Waals surface area contributed by atoms with Gasteiger partial charge in [0.25, 0.3) is 5.97 Å². The van der Waals surface area contributed by atoms with Crippen molar-refractivity contribution in [3.05, 3.63) is 0 Å². The lowest BCUT2D eigenvalue weighted by atomic mass is 10.1. The van der Waals surface area contributed by atoms with E-state index >= 15 is 0 Å². The first-order chi connectivity index (χ1) is 11.4. The van der Waals surface area contributed by atoms with Gasteiger partial charge in [0.15, 0.2) is 0 Å². The number of carbonyl (C=O) groups is 6. The van der Waals surface area contributed by atoms with E-state index in [-0.39, 0.29) is 6.42 Å². The summed E-state index contributed by atoms with van der Waals surface area (Å²) >= 11 is 0. The van der Waals surface area contributed by atoms with Crippen LogP contribution in [0.25, 0.3) is 0 Å². The molecule has 25 heavy (non-hydrogen) atoms. The Bertz CT molecular complexity index is 511. The van der Waals surface area contributed by atoms with E-state index in [4.69, 9.17) is 25.2 Å². The number of hydrogen-bond acceptors (Lipinski definition) is 6. The van der Waals surface area contributed by atoms with Crippen LogP contribution in [-0.4, -0.2) is 68.2 Å². The highest BCUT2D eigenvalue weighted by Gasteiger charge is 2.27. The third-order valence-electron chi connectivity index (χ3n) is 2.33. The number of carbonyl (C=O) groups excluding carboxylic acids is 2. The summed E-state index contributed by atoms with van der Waals surface area (Å²) in [6.45, 7) is 2.15. The number of rotatable bonds is 9. The van der Waals surface area contributed by atoms with Crippen molar-refractivity contribution >= 4 is 35.7 Å². The first-order valence-electron chi connectivity index (χ1n) is 6.80. The van der Waals surface area contributed by atoms with E-state index in [0.29, 0.717) is 0 Å². The normalized spacial score (nSPS) is 11.8. The highest BCUT2D eigenvalue weighted by atomic mass is 16.4. The van der Waals surface area contributed by atoms with E-state index in [2.05, 4.69) is 5.32 Å². The summed E-state index contributed by atoms with van der Waals surface area (Å²) in [6, 6.07) is -2.93. The zero-order chi connectivity index (χ0) is 20.2. The van der Waals surface area contributed by atoms with Crippen molar-refractivity contribution in [2.75, 3.05) is 0 Å². The fourth-order valence-electron chi connectivity index (χ4n) is 1.43. The van der Waals surface area contributed by atoms with Gasteiger partial charge in [-0.2, -0.15) is 0 Å². The molecule has 0 spiro atoms. The van der Waals surface area contributed by atoms with E-state index < -0.39 is 60.6 Å². The largest absolute Gasteiger partial charge is 0.481 e.